The first kappa shape index (κ1) is 18.7. The molecule has 2 heteroatoms. The second kappa shape index (κ2) is 6.83. The molecule has 0 saturated heterocycles. The van der Waals surface area contributed by atoms with Crippen LogP contribution in [0, 0.1) is 5.41 Å². The highest BCUT2D eigenvalue weighted by Crippen LogP contribution is 2.33. The minimum Gasteiger partial charge on any atom is -0.312 e. The first-order chi connectivity index (χ1) is 9.39. The molecule has 0 aliphatic carbocycles. The molecule has 1 aromatic rings. The van der Waals surface area contributed by atoms with Crippen LogP contribution >= 0.6 is 11.3 Å². The molecule has 0 saturated carbocycles. The van der Waals surface area contributed by atoms with Gasteiger partial charge in [-0.3, -0.25) is 0 Å². The van der Waals surface area contributed by atoms with Gasteiger partial charge in [-0.1, -0.05) is 34.6 Å². The third-order valence-corrected chi connectivity index (χ3v) is 5.48. The molecule has 0 bridgehead atoms. The average molecular weight is 310 g/mol. The van der Waals surface area contributed by atoms with Crippen molar-refractivity contribution in [3.63, 3.8) is 0 Å². The summed E-state index contributed by atoms with van der Waals surface area (Å²) in [5.41, 5.74) is 0.921. The normalized spacial score (nSPS) is 13.7. The number of nitrogens with one attached hydrogen (secondary N) is 1. The minimum atomic E-state index is 0.228. The monoisotopic (exact) mass is 309 g/mol. The summed E-state index contributed by atoms with van der Waals surface area (Å²) in [6.07, 6.45) is 3.72. The molecule has 0 radical (unpaired) electrons. The quantitative estimate of drug-likeness (QED) is 0.702. The van der Waals surface area contributed by atoms with Crippen molar-refractivity contribution in [1.82, 2.24) is 5.32 Å². The topological polar surface area (TPSA) is 12.0 Å². The smallest absolute Gasteiger partial charge is 0.0102 e. The average Bonchev–Trinajstić information content (AvgIpc) is 2.72. The Labute approximate surface area is 136 Å². The maximum Gasteiger partial charge on any atom is 0.0102 e. The van der Waals surface area contributed by atoms with E-state index in [0.29, 0.717) is 5.41 Å². The second-order valence-corrected chi connectivity index (χ2v) is 10.3. The lowest BCUT2D eigenvalue weighted by Gasteiger charge is -2.28. The summed E-state index contributed by atoms with van der Waals surface area (Å²) >= 11 is 1.99. The maximum absolute atomic E-state index is 3.60. The van der Waals surface area contributed by atoms with E-state index >= 15 is 0 Å². The van der Waals surface area contributed by atoms with Crippen molar-refractivity contribution in [2.45, 2.75) is 85.6 Å². The highest BCUT2D eigenvalue weighted by molar-refractivity contribution is 7.12. The van der Waals surface area contributed by atoms with Crippen LogP contribution in [-0.2, 0) is 11.8 Å². The molecule has 0 aromatic carbocycles. The lowest BCUT2D eigenvalue weighted by Crippen LogP contribution is -2.38. The van der Waals surface area contributed by atoms with Crippen LogP contribution in [0.25, 0.3) is 0 Å². The second-order valence-electron chi connectivity index (χ2n) is 9.11. The highest BCUT2D eigenvalue weighted by Gasteiger charge is 2.20. The zero-order valence-electron chi connectivity index (χ0n) is 15.4. The van der Waals surface area contributed by atoms with Crippen molar-refractivity contribution in [1.29, 1.82) is 0 Å². The molecular weight excluding hydrogens is 274 g/mol. The maximum atomic E-state index is 3.60. The van der Waals surface area contributed by atoms with Crippen molar-refractivity contribution in [3.05, 3.63) is 21.9 Å². The van der Waals surface area contributed by atoms with Crippen molar-refractivity contribution in [3.8, 4) is 0 Å². The van der Waals surface area contributed by atoms with E-state index < -0.39 is 0 Å². The van der Waals surface area contributed by atoms with Gasteiger partial charge in [0.05, 0.1) is 0 Å². The third-order valence-electron chi connectivity index (χ3n) is 3.91. The van der Waals surface area contributed by atoms with Gasteiger partial charge in [-0.2, -0.15) is 0 Å². The van der Waals surface area contributed by atoms with Crippen LogP contribution in [-0.4, -0.2) is 12.1 Å². The van der Waals surface area contributed by atoms with E-state index in [-0.39, 0.29) is 11.0 Å². The lowest BCUT2D eigenvalue weighted by atomic mass is 9.84. The van der Waals surface area contributed by atoms with Crippen LogP contribution in [0.2, 0.25) is 0 Å². The molecule has 0 atom stereocenters. The molecule has 1 heterocycles. The molecule has 0 amide bonds. The molecule has 0 unspecified atom stereocenters. The summed E-state index contributed by atoms with van der Waals surface area (Å²) in [7, 11) is 0. The van der Waals surface area contributed by atoms with E-state index in [1.807, 2.05) is 11.3 Å². The Morgan fingerprint density at radius 3 is 2.00 bits per heavy atom. The van der Waals surface area contributed by atoms with Crippen LogP contribution in [0.3, 0.4) is 0 Å². The van der Waals surface area contributed by atoms with Crippen LogP contribution in [0.1, 0.15) is 78.0 Å². The highest BCUT2D eigenvalue weighted by atomic mass is 32.1. The van der Waals surface area contributed by atoms with Crippen molar-refractivity contribution in [2.75, 3.05) is 6.54 Å². The molecule has 0 aliphatic heterocycles. The zero-order valence-corrected chi connectivity index (χ0v) is 16.2. The van der Waals surface area contributed by atoms with E-state index in [9.17, 15) is 0 Å². The zero-order chi connectivity index (χ0) is 16.3. The molecule has 0 fully saturated rings. The van der Waals surface area contributed by atoms with E-state index in [4.69, 9.17) is 0 Å². The predicted octanol–water partition coefficient (Wildman–Crippen LogP) is 5.78. The number of rotatable bonds is 6. The summed E-state index contributed by atoms with van der Waals surface area (Å²) in [6.45, 7) is 19.5. The van der Waals surface area contributed by atoms with Gasteiger partial charge in [-0.25, -0.2) is 0 Å². The van der Waals surface area contributed by atoms with Gasteiger partial charge < -0.3 is 5.32 Å². The molecule has 0 aliphatic rings. The SMILES string of the molecule is CC(C)(CCNC(C)(C)C)CCc1ccc(C(C)(C)C)s1. The molecule has 21 heavy (non-hydrogen) atoms. The fourth-order valence-corrected chi connectivity index (χ4v) is 3.34. The van der Waals surface area contributed by atoms with E-state index in [1.165, 1.54) is 29.0 Å². The van der Waals surface area contributed by atoms with E-state index in [2.05, 4.69) is 72.8 Å². The predicted molar refractivity (Wildman–Crippen MR) is 97.5 cm³/mol. The van der Waals surface area contributed by atoms with Gasteiger partial charge in [0, 0.05) is 15.3 Å². The Morgan fingerprint density at radius 2 is 1.52 bits per heavy atom. The van der Waals surface area contributed by atoms with E-state index in [1.54, 1.807) is 0 Å². The third kappa shape index (κ3) is 7.46. The van der Waals surface area contributed by atoms with Gasteiger partial charge in [0.2, 0.25) is 0 Å². The summed E-state index contributed by atoms with van der Waals surface area (Å²) in [5.74, 6) is 0. The van der Waals surface area contributed by atoms with Crippen LogP contribution in [0.5, 0.6) is 0 Å². The summed E-state index contributed by atoms with van der Waals surface area (Å²) in [5, 5.41) is 3.60. The molecule has 1 aromatic heterocycles. The number of hydrogen-bond acceptors (Lipinski definition) is 2. The Hall–Kier alpha value is -0.340. The summed E-state index contributed by atoms with van der Waals surface area (Å²) in [6, 6.07) is 4.64. The fourth-order valence-electron chi connectivity index (χ4n) is 2.28. The first-order valence-corrected chi connectivity index (χ1v) is 9.05. The van der Waals surface area contributed by atoms with Gasteiger partial charge >= 0.3 is 0 Å². The van der Waals surface area contributed by atoms with Gasteiger partial charge in [-0.05, 0) is 69.5 Å². The lowest BCUT2D eigenvalue weighted by molar-refractivity contribution is 0.285. The molecule has 1 rings (SSSR count). The Morgan fingerprint density at radius 1 is 0.905 bits per heavy atom. The van der Waals surface area contributed by atoms with Crippen LogP contribution in [0.4, 0.5) is 0 Å². The molecule has 122 valence electrons. The molecule has 1 nitrogen and oxygen atoms in total. The fraction of sp³-hybridized carbons (Fsp3) is 0.789. The van der Waals surface area contributed by atoms with Gasteiger partial charge in [0.15, 0.2) is 0 Å². The van der Waals surface area contributed by atoms with Crippen LogP contribution in [0.15, 0.2) is 12.1 Å². The van der Waals surface area contributed by atoms with E-state index in [0.717, 1.165) is 6.54 Å². The first-order valence-electron chi connectivity index (χ1n) is 8.23. The van der Waals surface area contributed by atoms with Crippen LogP contribution < -0.4 is 5.32 Å². The van der Waals surface area contributed by atoms with Gasteiger partial charge in [0.25, 0.3) is 0 Å². The van der Waals surface area contributed by atoms with Crippen molar-refractivity contribution < 1.29 is 0 Å². The number of thiophene rings is 1. The Kier molecular flexibility index (Phi) is 6.08. The molecule has 1 N–H and O–H groups in total. The summed E-state index contributed by atoms with van der Waals surface area (Å²) < 4.78 is 0. The number of aryl methyl sites for hydroxylation is 1. The van der Waals surface area contributed by atoms with Crippen molar-refractivity contribution in [2.24, 2.45) is 5.41 Å². The number of hydrogen-bond donors (Lipinski definition) is 1. The summed E-state index contributed by atoms with van der Waals surface area (Å²) in [4.78, 5) is 3.04. The Bertz CT molecular complexity index is 429. The van der Waals surface area contributed by atoms with Gasteiger partial charge in [0.1, 0.15) is 0 Å². The Balaban J connectivity index is 2.44. The standard InChI is InChI=1S/C19H35NS/c1-17(2,3)16-10-9-15(21-16)11-12-19(7,8)13-14-20-18(4,5)6/h9-10,20H,11-14H2,1-8H3. The minimum absolute atomic E-state index is 0.228. The molecular formula is C19H35NS. The largest absolute Gasteiger partial charge is 0.312 e. The molecule has 0 spiro atoms. The van der Waals surface area contributed by atoms with Crippen molar-refractivity contribution >= 4 is 11.3 Å². The van der Waals surface area contributed by atoms with Gasteiger partial charge in [-0.15, -0.1) is 11.3 Å².